The van der Waals surface area contributed by atoms with E-state index in [1.54, 1.807) is 17.4 Å². The van der Waals surface area contributed by atoms with E-state index in [2.05, 4.69) is 20.2 Å². The summed E-state index contributed by atoms with van der Waals surface area (Å²) in [7, 11) is 0. The smallest absolute Gasteiger partial charge is 0.261 e. The second-order valence-corrected chi connectivity index (χ2v) is 8.09. The lowest BCUT2D eigenvalue weighted by molar-refractivity contribution is -0.133. The molecule has 1 fully saturated rings. The number of rotatable bonds is 5. The van der Waals surface area contributed by atoms with E-state index >= 15 is 0 Å². The van der Waals surface area contributed by atoms with Crippen LogP contribution in [-0.4, -0.2) is 56.4 Å². The number of aromatic nitrogens is 3. The molecule has 3 aromatic rings. The number of carbonyl (C=O) groups is 1. The molecule has 0 radical (unpaired) electrons. The highest BCUT2D eigenvalue weighted by molar-refractivity contribution is 7.09. The summed E-state index contributed by atoms with van der Waals surface area (Å²) in [5.41, 5.74) is 1.69. The van der Waals surface area contributed by atoms with E-state index in [9.17, 15) is 9.59 Å². The molecule has 4 rings (SSSR count). The molecule has 2 aromatic heterocycles. The number of thiazole rings is 1. The fraction of sp³-hybridized carbons (Fsp3) is 0.400. The van der Waals surface area contributed by atoms with Gasteiger partial charge in [0, 0.05) is 51.1 Å². The Bertz CT molecular complexity index is 1040. The highest BCUT2D eigenvalue weighted by Gasteiger charge is 2.21. The molecule has 7 nitrogen and oxygen atoms in total. The largest absolute Gasteiger partial charge is 0.340 e. The standard InChI is InChI=1S/C20H23N5O2S/c1-15-22-16(13-28-15)12-23-8-10-24(11-9-23)19(26)6-7-25-14-21-18-5-3-2-4-17(18)20(25)27/h2-5,13-14H,6-12H2,1H3. The molecule has 0 spiro atoms. The van der Waals surface area contributed by atoms with E-state index in [4.69, 9.17) is 0 Å². The molecule has 0 saturated carbocycles. The van der Waals surface area contributed by atoms with Gasteiger partial charge in [-0.05, 0) is 19.1 Å². The Balaban J connectivity index is 1.30. The minimum absolute atomic E-state index is 0.0872. The summed E-state index contributed by atoms with van der Waals surface area (Å²) in [6, 6.07) is 7.27. The van der Waals surface area contributed by atoms with Gasteiger partial charge in [-0.15, -0.1) is 11.3 Å². The van der Waals surface area contributed by atoms with E-state index in [-0.39, 0.29) is 11.5 Å². The van der Waals surface area contributed by atoms with Crippen LogP contribution in [0.2, 0.25) is 0 Å². The van der Waals surface area contributed by atoms with Crippen molar-refractivity contribution in [1.82, 2.24) is 24.3 Å². The van der Waals surface area contributed by atoms with Crippen molar-refractivity contribution in [2.45, 2.75) is 26.4 Å². The third-order valence-electron chi connectivity index (χ3n) is 5.08. The predicted octanol–water partition coefficient (Wildman–Crippen LogP) is 1.90. The molecule has 1 aromatic carbocycles. The van der Waals surface area contributed by atoms with Crippen LogP contribution in [0.15, 0.2) is 40.8 Å². The number of benzene rings is 1. The summed E-state index contributed by atoms with van der Waals surface area (Å²) in [6.07, 6.45) is 1.84. The van der Waals surface area contributed by atoms with Crippen molar-refractivity contribution in [3.8, 4) is 0 Å². The van der Waals surface area contributed by atoms with Crippen molar-refractivity contribution in [2.24, 2.45) is 0 Å². The van der Waals surface area contributed by atoms with Crippen LogP contribution in [0, 0.1) is 6.92 Å². The van der Waals surface area contributed by atoms with Crippen LogP contribution in [0.3, 0.4) is 0 Å². The number of nitrogens with zero attached hydrogens (tertiary/aromatic N) is 5. The molecular weight excluding hydrogens is 374 g/mol. The molecule has 1 amide bonds. The first-order chi connectivity index (χ1) is 13.6. The molecule has 0 atom stereocenters. The lowest BCUT2D eigenvalue weighted by Gasteiger charge is -2.34. The SMILES string of the molecule is Cc1nc(CN2CCN(C(=O)CCn3cnc4ccccc4c3=O)CC2)cs1. The van der Waals surface area contributed by atoms with Crippen molar-refractivity contribution >= 4 is 28.1 Å². The van der Waals surface area contributed by atoms with Gasteiger partial charge in [-0.1, -0.05) is 12.1 Å². The van der Waals surface area contributed by atoms with Gasteiger partial charge in [-0.25, -0.2) is 9.97 Å². The molecule has 1 saturated heterocycles. The maximum atomic E-state index is 12.6. The maximum Gasteiger partial charge on any atom is 0.261 e. The van der Waals surface area contributed by atoms with Crippen molar-refractivity contribution in [3.05, 3.63) is 57.0 Å². The molecule has 0 bridgehead atoms. The zero-order chi connectivity index (χ0) is 19.5. The van der Waals surface area contributed by atoms with Crippen molar-refractivity contribution < 1.29 is 4.79 Å². The fourth-order valence-electron chi connectivity index (χ4n) is 3.50. The third-order valence-corrected chi connectivity index (χ3v) is 5.90. The van der Waals surface area contributed by atoms with Crippen LogP contribution in [0.25, 0.3) is 10.9 Å². The van der Waals surface area contributed by atoms with E-state index in [0.29, 0.717) is 37.0 Å². The van der Waals surface area contributed by atoms with Gasteiger partial charge in [0.25, 0.3) is 5.56 Å². The molecule has 0 N–H and O–H groups in total. The van der Waals surface area contributed by atoms with Crippen LogP contribution < -0.4 is 5.56 Å². The summed E-state index contributed by atoms with van der Waals surface area (Å²) >= 11 is 1.67. The van der Waals surface area contributed by atoms with Gasteiger partial charge in [-0.3, -0.25) is 19.1 Å². The normalized spacial score (nSPS) is 15.2. The zero-order valence-corrected chi connectivity index (χ0v) is 16.7. The number of amides is 1. The molecular formula is C20H23N5O2S. The molecule has 0 aliphatic carbocycles. The van der Waals surface area contributed by atoms with Gasteiger partial charge in [0.05, 0.1) is 27.9 Å². The second-order valence-electron chi connectivity index (χ2n) is 7.03. The van der Waals surface area contributed by atoms with Crippen molar-refractivity contribution in [3.63, 3.8) is 0 Å². The fourth-order valence-corrected chi connectivity index (χ4v) is 4.11. The highest BCUT2D eigenvalue weighted by atomic mass is 32.1. The Labute approximate surface area is 167 Å². The molecule has 28 heavy (non-hydrogen) atoms. The van der Waals surface area contributed by atoms with Crippen LogP contribution in [0.1, 0.15) is 17.1 Å². The number of aryl methyl sites for hydroxylation is 2. The molecule has 0 unspecified atom stereocenters. The van der Waals surface area contributed by atoms with Gasteiger partial charge in [0.2, 0.25) is 5.91 Å². The second kappa shape index (κ2) is 8.20. The molecule has 3 heterocycles. The third kappa shape index (κ3) is 4.13. The summed E-state index contributed by atoms with van der Waals surface area (Å²) in [4.78, 5) is 38.1. The topological polar surface area (TPSA) is 71.3 Å². The van der Waals surface area contributed by atoms with Crippen LogP contribution in [0.4, 0.5) is 0 Å². The predicted molar refractivity (Wildman–Crippen MR) is 109 cm³/mol. The Hall–Kier alpha value is -2.58. The van der Waals surface area contributed by atoms with Gasteiger partial charge >= 0.3 is 0 Å². The summed E-state index contributed by atoms with van der Waals surface area (Å²) in [5, 5.41) is 3.77. The van der Waals surface area contributed by atoms with Crippen LogP contribution in [-0.2, 0) is 17.9 Å². The van der Waals surface area contributed by atoms with E-state index in [1.807, 2.05) is 30.0 Å². The maximum absolute atomic E-state index is 12.6. The number of carbonyl (C=O) groups excluding carboxylic acids is 1. The van der Waals surface area contributed by atoms with E-state index < -0.39 is 0 Å². The van der Waals surface area contributed by atoms with Crippen molar-refractivity contribution in [2.75, 3.05) is 26.2 Å². The first kappa shape index (κ1) is 18.8. The first-order valence-electron chi connectivity index (χ1n) is 9.45. The number of hydrogen-bond acceptors (Lipinski definition) is 6. The zero-order valence-electron chi connectivity index (χ0n) is 15.9. The van der Waals surface area contributed by atoms with Crippen LogP contribution in [0.5, 0.6) is 0 Å². The number of fused-ring (bicyclic) bond motifs is 1. The van der Waals surface area contributed by atoms with E-state index in [1.165, 1.54) is 10.9 Å². The first-order valence-corrected chi connectivity index (χ1v) is 10.3. The Morgan fingerprint density at radius 1 is 1.18 bits per heavy atom. The van der Waals surface area contributed by atoms with Gasteiger partial charge in [-0.2, -0.15) is 0 Å². The highest BCUT2D eigenvalue weighted by Crippen LogP contribution is 2.13. The molecule has 8 heteroatoms. The Kier molecular flexibility index (Phi) is 5.50. The Morgan fingerprint density at radius 2 is 1.96 bits per heavy atom. The van der Waals surface area contributed by atoms with Crippen molar-refractivity contribution in [1.29, 1.82) is 0 Å². The Morgan fingerprint density at radius 3 is 2.71 bits per heavy atom. The minimum atomic E-state index is -0.0956. The summed E-state index contributed by atoms with van der Waals surface area (Å²) in [5.74, 6) is 0.0872. The summed E-state index contributed by atoms with van der Waals surface area (Å²) < 4.78 is 1.53. The van der Waals surface area contributed by atoms with E-state index in [0.717, 1.165) is 30.3 Å². The molecule has 1 aliphatic rings. The monoisotopic (exact) mass is 397 g/mol. The lowest BCUT2D eigenvalue weighted by Crippen LogP contribution is -2.48. The number of para-hydroxylation sites is 1. The van der Waals surface area contributed by atoms with Gasteiger partial charge < -0.3 is 4.90 Å². The summed E-state index contributed by atoms with van der Waals surface area (Å²) in [6.45, 7) is 6.33. The molecule has 146 valence electrons. The van der Waals surface area contributed by atoms with Gasteiger partial charge in [0.15, 0.2) is 0 Å². The minimum Gasteiger partial charge on any atom is -0.340 e. The molecule has 1 aliphatic heterocycles. The van der Waals surface area contributed by atoms with Crippen LogP contribution >= 0.6 is 11.3 Å². The number of hydrogen-bond donors (Lipinski definition) is 0. The number of piperazine rings is 1. The average molecular weight is 398 g/mol. The lowest BCUT2D eigenvalue weighted by atomic mass is 10.2. The quantitative estimate of drug-likeness (QED) is 0.658. The average Bonchev–Trinajstić information content (AvgIpc) is 3.12. The van der Waals surface area contributed by atoms with Gasteiger partial charge in [0.1, 0.15) is 0 Å².